The highest BCUT2D eigenvalue weighted by Gasteiger charge is 2.07. The van der Waals surface area contributed by atoms with Crippen LogP contribution in [0.1, 0.15) is 10.4 Å². The molecule has 4 heteroatoms. The monoisotopic (exact) mass is 279 g/mol. The van der Waals surface area contributed by atoms with Gasteiger partial charge in [-0.2, -0.15) is 0 Å². The van der Waals surface area contributed by atoms with E-state index in [9.17, 15) is 0 Å². The van der Waals surface area contributed by atoms with Crippen LogP contribution in [0.5, 0.6) is 5.75 Å². The van der Waals surface area contributed by atoms with Gasteiger partial charge in [0, 0.05) is 28.3 Å². The summed E-state index contributed by atoms with van der Waals surface area (Å²) in [6.07, 6.45) is 3.01. The van der Waals surface area contributed by atoms with Crippen LogP contribution in [0.2, 0.25) is 0 Å². The van der Waals surface area contributed by atoms with Crippen LogP contribution in [0.4, 0.5) is 0 Å². The molecule has 96 valence electrons. The first kappa shape index (κ1) is 13.5. The maximum Gasteiger partial charge on any atom is 0.124 e. The molecule has 2 aromatic rings. The molecule has 1 aromatic carbocycles. The summed E-state index contributed by atoms with van der Waals surface area (Å²) in [5.74, 6) is 0.918. The minimum atomic E-state index is 0.519. The van der Waals surface area contributed by atoms with Crippen LogP contribution in [0.25, 0.3) is 0 Å². The van der Waals surface area contributed by atoms with Crippen LogP contribution in [0.15, 0.2) is 40.6 Å². The normalized spacial score (nSPS) is 10.6. The Hall–Kier alpha value is -0.970. The summed E-state index contributed by atoms with van der Waals surface area (Å²) < 4.78 is 5.86. The molecule has 2 rings (SSSR count). The quantitative estimate of drug-likeness (QED) is 0.821. The Labute approximate surface area is 116 Å². The molecule has 2 N–H and O–H groups in total. The van der Waals surface area contributed by atoms with Gasteiger partial charge in [0.1, 0.15) is 5.75 Å². The van der Waals surface area contributed by atoms with Crippen LogP contribution in [-0.4, -0.2) is 12.9 Å². The van der Waals surface area contributed by atoms with Crippen molar-refractivity contribution in [2.45, 2.75) is 17.9 Å². The highest BCUT2D eigenvalue weighted by atomic mass is 32.2. The van der Waals surface area contributed by atoms with Gasteiger partial charge in [-0.05, 0) is 29.8 Å². The first-order valence-corrected chi connectivity index (χ1v) is 7.96. The lowest BCUT2D eigenvalue weighted by Crippen LogP contribution is -2.06. The van der Waals surface area contributed by atoms with Gasteiger partial charge in [-0.3, -0.25) is 0 Å². The van der Waals surface area contributed by atoms with Crippen LogP contribution < -0.4 is 10.5 Å². The third kappa shape index (κ3) is 3.28. The molecular formula is C14H17NOS2. The smallest absolute Gasteiger partial charge is 0.124 e. The summed E-state index contributed by atoms with van der Waals surface area (Å²) in [7, 11) is 0. The van der Waals surface area contributed by atoms with Gasteiger partial charge in [0.2, 0.25) is 0 Å². The minimum absolute atomic E-state index is 0.519. The van der Waals surface area contributed by atoms with Gasteiger partial charge in [0.25, 0.3) is 0 Å². The van der Waals surface area contributed by atoms with Crippen molar-refractivity contribution in [3.63, 3.8) is 0 Å². The molecule has 0 amide bonds. The SMILES string of the molecule is CSc1cccc(OCCc2cccs2)c1CN. The summed E-state index contributed by atoms with van der Waals surface area (Å²) in [5.41, 5.74) is 6.91. The highest BCUT2D eigenvalue weighted by molar-refractivity contribution is 7.98. The van der Waals surface area contributed by atoms with E-state index in [1.165, 1.54) is 9.77 Å². The van der Waals surface area contributed by atoms with Crippen LogP contribution in [-0.2, 0) is 13.0 Å². The van der Waals surface area contributed by atoms with E-state index in [1.54, 1.807) is 23.1 Å². The van der Waals surface area contributed by atoms with Crippen LogP contribution in [0.3, 0.4) is 0 Å². The van der Waals surface area contributed by atoms with Gasteiger partial charge in [-0.1, -0.05) is 12.1 Å². The summed E-state index contributed by atoms with van der Waals surface area (Å²) in [4.78, 5) is 2.55. The molecular weight excluding hydrogens is 262 g/mol. The van der Waals surface area contributed by atoms with E-state index >= 15 is 0 Å². The standard InChI is InChI=1S/C14H17NOS2/c1-17-14-6-2-5-13(12(14)10-15)16-8-7-11-4-3-9-18-11/h2-6,9H,7-8,10,15H2,1H3. The second-order valence-corrected chi connectivity index (χ2v) is 5.70. The molecule has 0 atom stereocenters. The number of hydrogen-bond donors (Lipinski definition) is 1. The van der Waals surface area contributed by atoms with Gasteiger partial charge in [-0.15, -0.1) is 23.1 Å². The Kier molecular flexibility index (Phi) is 5.11. The number of thioether (sulfide) groups is 1. The number of thiophene rings is 1. The average molecular weight is 279 g/mol. The molecule has 2 nitrogen and oxygen atoms in total. The van der Waals surface area contributed by atoms with E-state index in [-0.39, 0.29) is 0 Å². The number of rotatable bonds is 6. The third-order valence-electron chi connectivity index (χ3n) is 2.70. The number of hydrogen-bond acceptors (Lipinski definition) is 4. The van der Waals surface area contributed by atoms with Crippen molar-refractivity contribution in [1.82, 2.24) is 0 Å². The Bertz CT molecular complexity index is 483. The van der Waals surface area contributed by atoms with Crippen molar-refractivity contribution in [3.8, 4) is 5.75 Å². The fourth-order valence-electron chi connectivity index (χ4n) is 1.79. The molecule has 0 saturated heterocycles. The molecule has 0 aliphatic carbocycles. The molecule has 0 unspecified atom stereocenters. The molecule has 0 bridgehead atoms. The molecule has 1 heterocycles. The topological polar surface area (TPSA) is 35.2 Å². The molecule has 0 radical (unpaired) electrons. The lowest BCUT2D eigenvalue weighted by Gasteiger charge is -2.12. The molecule has 0 spiro atoms. The predicted octanol–water partition coefficient (Wildman–Crippen LogP) is 3.55. The van der Waals surface area contributed by atoms with Gasteiger partial charge < -0.3 is 10.5 Å². The maximum absolute atomic E-state index is 5.86. The summed E-state index contributed by atoms with van der Waals surface area (Å²) in [6, 6.07) is 10.3. The fraction of sp³-hybridized carbons (Fsp3) is 0.286. The van der Waals surface area contributed by atoms with Gasteiger partial charge in [-0.25, -0.2) is 0 Å². The molecule has 0 saturated carbocycles. The van der Waals surface area contributed by atoms with Crippen molar-refractivity contribution in [2.75, 3.05) is 12.9 Å². The molecule has 0 fully saturated rings. The van der Waals surface area contributed by atoms with E-state index in [2.05, 4.69) is 29.8 Å². The molecule has 0 aliphatic heterocycles. The van der Waals surface area contributed by atoms with Crippen molar-refractivity contribution in [1.29, 1.82) is 0 Å². The van der Waals surface area contributed by atoms with Gasteiger partial charge in [0.05, 0.1) is 6.61 Å². The highest BCUT2D eigenvalue weighted by Crippen LogP contribution is 2.28. The predicted molar refractivity (Wildman–Crippen MR) is 79.6 cm³/mol. The van der Waals surface area contributed by atoms with Crippen LogP contribution in [0, 0.1) is 0 Å². The van der Waals surface area contributed by atoms with Crippen LogP contribution >= 0.6 is 23.1 Å². The zero-order valence-electron chi connectivity index (χ0n) is 10.4. The van der Waals surface area contributed by atoms with Gasteiger partial charge >= 0.3 is 0 Å². The summed E-state index contributed by atoms with van der Waals surface area (Å²) in [6.45, 7) is 1.22. The zero-order chi connectivity index (χ0) is 12.8. The summed E-state index contributed by atoms with van der Waals surface area (Å²) in [5, 5.41) is 2.09. The van der Waals surface area contributed by atoms with E-state index in [0.29, 0.717) is 13.2 Å². The second kappa shape index (κ2) is 6.83. The Morgan fingerprint density at radius 3 is 2.83 bits per heavy atom. The van der Waals surface area contributed by atoms with E-state index in [0.717, 1.165) is 17.7 Å². The Balaban J connectivity index is 2.00. The summed E-state index contributed by atoms with van der Waals surface area (Å²) >= 11 is 3.47. The third-order valence-corrected chi connectivity index (χ3v) is 4.46. The van der Waals surface area contributed by atoms with Crippen molar-refractivity contribution >= 4 is 23.1 Å². The second-order valence-electron chi connectivity index (χ2n) is 3.82. The minimum Gasteiger partial charge on any atom is -0.493 e. The van der Waals surface area contributed by atoms with Crippen molar-refractivity contribution < 1.29 is 4.74 Å². The van der Waals surface area contributed by atoms with E-state index in [4.69, 9.17) is 10.5 Å². The lowest BCUT2D eigenvalue weighted by atomic mass is 10.2. The first-order chi connectivity index (χ1) is 8.85. The van der Waals surface area contributed by atoms with Crippen molar-refractivity contribution in [3.05, 3.63) is 46.2 Å². The Morgan fingerprint density at radius 2 is 2.17 bits per heavy atom. The van der Waals surface area contributed by atoms with E-state index < -0.39 is 0 Å². The van der Waals surface area contributed by atoms with Crippen molar-refractivity contribution in [2.24, 2.45) is 5.73 Å². The lowest BCUT2D eigenvalue weighted by molar-refractivity contribution is 0.318. The first-order valence-electron chi connectivity index (χ1n) is 5.86. The number of benzene rings is 1. The molecule has 0 aliphatic rings. The molecule has 1 aromatic heterocycles. The van der Waals surface area contributed by atoms with E-state index in [1.807, 2.05) is 12.1 Å². The largest absolute Gasteiger partial charge is 0.493 e. The van der Waals surface area contributed by atoms with Gasteiger partial charge in [0.15, 0.2) is 0 Å². The fourth-order valence-corrected chi connectivity index (χ4v) is 3.12. The Morgan fingerprint density at radius 1 is 1.28 bits per heavy atom. The number of ether oxygens (including phenoxy) is 1. The maximum atomic E-state index is 5.86. The number of nitrogens with two attached hydrogens (primary N) is 1. The zero-order valence-corrected chi connectivity index (χ0v) is 12.0. The molecule has 18 heavy (non-hydrogen) atoms. The average Bonchev–Trinajstić information content (AvgIpc) is 2.91.